The lowest BCUT2D eigenvalue weighted by atomic mass is 10.1. The first-order valence-electron chi connectivity index (χ1n) is 6.14. The largest absolute Gasteiger partial charge is 0.420 e. The second kappa shape index (κ2) is 5.35. The fourth-order valence-corrected chi connectivity index (χ4v) is 2.07. The van der Waals surface area contributed by atoms with Gasteiger partial charge in [-0.25, -0.2) is 0 Å². The number of rotatable bonds is 3. The second-order valence-corrected chi connectivity index (χ2v) is 4.80. The molecular formula is C15H12ClN3O. The quantitative estimate of drug-likeness (QED) is 0.747. The molecule has 0 amide bonds. The molecule has 5 heteroatoms. The minimum Gasteiger partial charge on any atom is -0.420 e. The monoisotopic (exact) mass is 285 g/mol. The highest BCUT2D eigenvalue weighted by Crippen LogP contribution is 2.22. The number of nitrogens with zero attached hydrogens (tertiary/aromatic N) is 2. The second-order valence-electron chi connectivity index (χ2n) is 4.39. The van der Waals surface area contributed by atoms with Crippen LogP contribution in [0.2, 0.25) is 5.02 Å². The number of hydrogen-bond donors (Lipinski definition) is 1. The third kappa shape index (κ3) is 2.65. The number of halogens is 1. The number of aromatic nitrogens is 2. The van der Waals surface area contributed by atoms with Gasteiger partial charge in [-0.05, 0) is 35.9 Å². The highest BCUT2D eigenvalue weighted by atomic mass is 35.5. The smallest absolute Gasteiger partial charge is 0.247 e. The topological polar surface area (TPSA) is 64.9 Å². The Morgan fingerprint density at radius 3 is 2.50 bits per heavy atom. The lowest BCUT2D eigenvalue weighted by Crippen LogP contribution is -1.89. The molecule has 20 heavy (non-hydrogen) atoms. The average Bonchev–Trinajstić information content (AvgIpc) is 2.91. The van der Waals surface area contributed by atoms with E-state index < -0.39 is 0 Å². The number of nitrogens with two attached hydrogens (primary N) is 1. The van der Waals surface area contributed by atoms with Crippen LogP contribution in [0, 0.1) is 0 Å². The summed E-state index contributed by atoms with van der Waals surface area (Å²) in [6, 6.07) is 14.9. The molecule has 1 heterocycles. The molecule has 0 saturated carbocycles. The Hall–Kier alpha value is -2.33. The van der Waals surface area contributed by atoms with Crippen molar-refractivity contribution < 1.29 is 4.42 Å². The summed E-state index contributed by atoms with van der Waals surface area (Å²) in [6.45, 7) is 0. The van der Waals surface area contributed by atoms with Crippen LogP contribution >= 0.6 is 11.6 Å². The zero-order valence-corrected chi connectivity index (χ0v) is 11.3. The Labute approximate surface area is 121 Å². The zero-order valence-electron chi connectivity index (χ0n) is 10.6. The van der Waals surface area contributed by atoms with Gasteiger partial charge in [-0.1, -0.05) is 29.8 Å². The van der Waals surface area contributed by atoms with Crippen molar-refractivity contribution in [2.75, 3.05) is 5.73 Å². The maximum atomic E-state index is 6.11. The average molecular weight is 286 g/mol. The van der Waals surface area contributed by atoms with Crippen molar-refractivity contribution in [2.24, 2.45) is 0 Å². The first-order valence-corrected chi connectivity index (χ1v) is 6.52. The van der Waals surface area contributed by atoms with Gasteiger partial charge in [0.15, 0.2) is 0 Å². The van der Waals surface area contributed by atoms with Gasteiger partial charge in [0.1, 0.15) is 0 Å². The lowest BCUT2D eigenvalue weighted by Gasteiger charge is -1.99. The predicted octanol–water partition coefficient (Wildman–Crippen LogP) is 3.56. The van der Waals surface area contributed by atoms with E-state index in [0.29, 0.717) is 28.9 Å². The van der Waals surface area contributed by atoms with Gasteiger partial charge in [-0.2, -0.15) is 0 Å². The third-order valence-electron chi connectivity index (χ3n) is 2.92. The van der Waals surface area contributed by atoms with E-state index in [1.54, 1.807) is 12.1 Å². The van der Waals surface area contributed by atoms with Crippen LogP contribution in [0.1, 0.15) is 11.5 Å². The van der Waals surface area contributed by atoms with Gasteiger partial charge in [0, 0.05) is 16.3 Å². The molecule has 3 rings (SSSR count). The third-order valence-corrected chi connectivity index (χ3v) is 3.29. The van der Waals surface area contributed by atoms with Crippen molar-refractivity contribution in [3.05, 3.63) is 65.0 Å². The van der Waals surface area contributed by atoms with E-state index >= 15 is 0 Å². The molecule has 0 saturated heterocycles. The van der Waals surface area contributed by atoms with Crippen LogP contribution in [-0.2, 0) is 6.42 Å². The molecular weight excluding hydrogens is 274 g/mol. The Morgan fingerprint density at radius 2 is 1.75 bits per heavy atom. The molecule has 0 spiro atoms. The lowest BCUT2D eigenvalue weighted by molar-refractivity contribution is 0.518. The zero-order chi connectivity index (χ0) is 13.9. The van der Waals surface area contributed by atoms with Crippen molar-refractivity contribution in [3.63, 3.8) is 0 Å². The molecule has 0 aliphatic heterocycles. The van der Waals surface area contributed by atoms with Crippen LogP contribution in [0.5, 0.6) is 0 Å². The van der Waals surface area contributed by atoms with Gasteiger partial charge < -0.3 is 10.2 Å². The van der Waals surface area contributed by atoms with Crippen LogP contribution in [0.4, 0.5) is 5.69 Å². The van der Waals surface area contributed by atoms with Crippen molar-refractivity contribution in [1.29, 1.82) is 0 Å². The minimum atomic E-state index is 0.479. The molecule has 0 aliphatic rings. The normalized spacial score (nSPS) is 10.7. The first-order chi connectivity index (χ1) is 9.72. The molecule has 0 bridgehead atoms. The fraction of sp³-hybridized carbons (Fsp3) is 0.0667. The van der Waals surface area contributed by atoms with E-state index in [1.165, 1.54) is 0 Å². The summed E-state index contributed by atoms with van der Waals surface area (Å²) >= 11 is 6.11. The predicted molar refractivity (Wildman–Crippen MR) is 78.4 cm³/mol. The Balaban J connectivity index is 1.84. The van der Waals surface area contributed by atoms with Crippen molar-refractivity contribution >= 4 is 17.3 Å². The summed E-state index contributed by atoms with van der Waals surface area (Å²) in [5.74, 6) is 1.01. The summed E-state index contributed by atoms with van der Waals surface area (Å²) in [7, 11) is 0. The molecule has 0 fully saturated rings. The van der Waals surface area contributed by atoms with E-state index in [4.69, 9.17) is 21.8 Å². The standard InChI is InChI=1S/C15H12ClN3O/c16-13-4-2-1-3-11(13)9-14-18-19-15(20-14)10-5-7-12(17)8-6-10/h1-8H,9,17H2. The Bertz CT molecular complexity index is 722. The van der Waals surface area contributed by atoms with Crippen LogP contribution in [-0.4, -0.2) is 10.2 Å². The van der Waals surface area contributed by atoms with Crippen molar-refractivity contribution in [3.8, 4) is 11.5 Å². The molecule has 0 aliphatic carbocycles. The molecule has 0 unspecified atom stereocenters. The van der Waals surface area contributed by atoms with E-state index in [9.17, 15) is 0 Å². The number of nitrogen functional groups attached to an aromatic ring is 1. The molecule has 2 aromatic carbocycles. The molecule has 2 N–H and O–H groups in total. The van der Waals surface area contributed by atoms with Crippen LogP contribution in [0.15, 0.2) is 52.9 Å². The Morgan fingerprint density at radius 1 is 1.00 bits per heavy atom. The fourth-order valence-electron chi connectivity index (χ4n) is 1.87. The van der Waals surface area contributed by atoms with Crippen LogP contribution in [0.25, 0.3) is 11.5 Å². The highest BCUT2D eigenvalue weighted by molar-refractivity contribution is 6.31. The van der Waals surface area contributed by atoms with E-state index in [0.717, 1.165) is 11.1 Å². The summed E-state index contributed by atoms with van der Waals surface area (Å²) in [5.41, 5.74) is 8.15. The first kappa shape index (κ1) is 12.7. The molecule has 0 radical (unpaired) electrons. The van der Waals surface area contributed by atoms with Crippen LogP contribution < -0.4 is 5.73 Å². The van der Waals surface area contributed by atoms with E-state index in [-0.39, 0.29) is 0 Å². The molecule has 100 valence electrons. The maximum absolute atomic E-state index is 6.11. The van der Waals surface area contributed by atoms with Gasteiger partial charge in [-0.15, -0.1) is 10.2 Å². The molecule has 1 aromatic heterocycles. The molecule has 0 atom stereocenters. The van der Waals surface area contributed by atoms with Crippen molar-refractivity contribution in [2.45, 2.75) is 6.42 Å². The van der Waals surface area contributed by atoms with Gasteiger partial charge in [0.25, 0.3) is 0 Å². The minimum absolute atomic E-state index is 0.479. The summed E-state index contributed by atoms with van der Waals surface area (Å²) in [4.78, 5) is 0. The summed E-state index contributed by atoms with van der Waals surface area (Å²) in [5, 5.41) is 8.78. The highest BCUT2D eigenvalue weighted by Gasteiger charge is 2.10. The number of anilines is 1. The SMILES string of the molecule is Nc1ccc(-c2nnc(Cc3ccccc3Cl)o2)cc1. The van der Waals surface area contributed by atoms with Gasteiger partial charge in [-0.3, -0.25) is 0 Å². The van der Waals surface area contributed by atoms with Gasteiger partial charge >= 0.3 is 0 Å². The Kier molecular flexibility index (Phi) is 3.39. The molecule has 4 nitrogen and oxygen atoms in total. The van der Waals surface area contributed by atoms with E-state index in [2.05, 4.69) is 10.2 Å². The van der Waals surface area contributed by atoms with E-state index in [1.807, 2.05) is 36.4 Å². The summed E-state index contributed by atoms with van der Waals surface area (Å²) < 4.78 is 5.65. The summed E-state index contributed by atoms with van der Waals surface area (Å²) in [6.07, 6.45) is 0.516. The maximum Gasteiger partial charge on any atom is 0.247 e. The number of hydrogen-bond acceptors (Lipinski definition) is 4. The van der Waals surface area contributed by atoms with Gasteiger partial charge in [0.05, 0.1) is 6.42 Å². The van der Waals surface area contributed by atoms with Crippen molar-refractivity contribution in [1.82, 2.24) is 10.2 Å². The van der Waals surface area contributed by atoms with Gasteiger partial charge in [0.2, 0.25) is 11.8 Å². The number of benzene rings is 2. The molecule has 3 aromatic rings. The van der Waals surface area contributed by atoms with Crippen LogP contribution in [0.3, 0.4) is 0 Å².